The van der Waals surface area contributed by atoms with Gasteiger partial charge in [-0.3, -0.25) is 0 Å². The van der Waals surface area contributed by atoms with Gasteiger partial charge in [0.2, 0.25) is 0 Å². The minimum atomic E-state index is 0.765. The minimum absolute atomic E-state index is 0.765. The molecule has 0 amide bonds. The second kappa shape index (κ2) is 11.7. The lowest BCUT2D eigenvalue weighted by molar-refractivity contribution is 0.0652. The zero-order valence-corrected chi connectivity index (χ0v) is 13.3. The van der Waals surface area contributed by atoms with Gasteiger partial charge < -0.3 is 10.1 Å². The molecule has 1 N–H and O–H groups in total. The Hall–Kier alpha value is -0.0800. The molecule has 19 heavy (non-hydrogen) atoms. The normalized spacial score (nSPS) is 17.2. The van der Waals surface area contributed by atoms with Crippen molar-refractivity contribution in [3.63, 3.8) is 0 Å². The molecule has 1 fully saturated rings. The average molecular weight is 269 g/mol. The Kier molecular flexibility index (Phi) is 10.5. The van der Waals surface area contributed by atoms with Crippen molar-refractivity contribution in [1.82, 2.24) is 5.32 Å². The van der Waals surface area contributed by atoms with E-state index in [0.717, 1.165) is 25.2 Å². The van der Waals surface area contributed by atoms with Gasteiger partial charge in [-0.05, 0) is 38.1 Å². The van der Waals surface area contributed by atoms with Crippen molar-refractivity contribution >= 4 is 0 Å². The summed E-state index contributed by atoms with van der Waals surface area (Å²) < 4.78 is 5.44. The van der Waals surface area contributed by atoms with E-state index in [9.17, 15) is 0 Å². The second-order valence-corrected chi connectivity index (χ2v) is 6.15. The maximum atomic E-state index is 5.44. The van der Waals surface area contributed by atoms with Crippen molar-refractivity contribution in [2.75, 3.05) is 19.8 Å². The Morgan fingerprint density at radius 2 is 1.53 bits per heavy atom. The average Bonchev–Trinajstić information content (AvgIpc) is 2.45. The summed E-state index contributed by atoms with van der Waals surface area (Å²) in [6.07, 6.45) is 13.5. The molecule has 0 unspecified atom stereocenters. The summed E-state index contributed by atoms with van der Waals surface area (Å²) in [5, 5.41) is 3.85. The summed E-state index contributed by atoms with van der Waals surface area (Å²) in [6.45, 7) is 7.75. The molecule has 1 saturated heterocycles. The molecule has 1 rings (SSSR count). The lowest BCUT2D eigenvalue weighted by Gasteiger charge is -2.26. The predicted molar refractivity (Wildman–Crippen MR) is 83.6 cm³/mol. The van der Waals surface area contributed by atoms with Gasteiger partial charge in [0.1, 0.15) is 0 Å². The molecule has 2 heteroatoms. The van der Waals surface area contributed by atoms with E-state index in [1.54, 1.807) is 0 Å². The van der Waals surface area contributed by atoms with Crippen molar-refractivity contribution in [2.24, 2.45) is 5.92 Å². The third-order valence-electron chi connectivity index (χ3n) is 4.35. The molecule has 0 saturated carbocycles. The standard InChI is InChI=1S/C17H35NO/c1-3-5-7-9-17(10-8-6-4-2)18-15-16-11-13-19-14-12-16/h16-18H,3-15H2,1-2H3. The highest BCUT2D eigenvalue weighted by Gasteiger charge is 2.15. The molecule has 2 nitrogen and oxygen atoms in total. The Bertz CT molecular complexity index is 180. The zero-order valence-electron chi connectivity index (χ0n) is 13.3. The Labute approximate surface area is 120 Å². The van der Waals surface area contributed by atoms with Crippen molar-refractivity contribution in [2.45, 2.75) is 84.1 Å². The van der Waals surface area contributed by atoms with Crippen LogP contribution in [-0.4, -0.2) is 25.8 Å². The molecule has 0 aromatic heterocycles. The molecular weight excluding hydrogens is 234 g/mol. The fourth-order valence-electron chi connectivity index (χ4n) is 2.91. The van der Waals surface area contributed by atoms with E-state index in [0.29, 0.717) is 0 Å². The van der Waals surface area contributed by atoms with E-state index in [1.165, 1.54) is 70.8 Å². The predicted octanol–water partition coefficient (Wildman–Crippen LogP) is 4.53. The summed E-state index contributed by atoms with van der Waals surface area (Å²) >= 11 is 0. The summed E-state index contributed by atoms with van der Waals surface area (Å²) in [4.78, 5) is 0. The van der Waals surface area contributed by atoms with E-state index in [-0.39, 0.29) is 0 Å². The van der Waals surface area contributed by atoms with Gasteiger partial charge in [0, 0.05) is 19.3 Å². The topological polar surface area (TPSA) is 21.3 Å². The van der Waals surface area contributed by atoms with Crippen molar-refractivity contribution < 1.29 is 4.74 Å². The van der Waals surface area contributed by atoms with Gasteiger partial charge in [-0.1, -0.05) is 52.4 Å². The molecular formula is C17H35NO. The summed E-state index contributed by atoms with van der Waals surface area (Å²) in [7, 11) is 0. The molecule has 0 atom stereocenters. The maximum Gasteiger partial charge on any atom is 0.0469 e. The lowest BCUT2D eigenvalue weighted by atomic mass is 9.97. The van der Waals surface area contributed by atoms with Crippen LogP contribution in [0.25, 0.3) is 0 Å². The summed E-state index contributed by atoms with van der Waals surface area (Å²) in [6, 6.07) is 0.765. The van der Waals surface area contributed by atoms with Crippen LogP contribution in [0.5, 0.6) is 0 Å². The molecule has 0 aromatic rings. The van der Waals surface area contributed by atoms with Crippen LogP contribution in [0.1, 0.15) is 78.1 Å². The summed E-state index contributed by atoms with van der Waals surface area (Å²) in [5.74, 6) is 0.855. The van der Waals surface area contributed by atoms with Crippen LogP contribution in [0.2, 0.25) is 0 Å². The number of ether oxygens (including phenoxy) is 1. The zero-order chi connectivity index (χ0) is 13.8. The van der Waals surface area contributed by atoms with Crippen LogP contribution in [-0.2, 0) is 4.74 Å². The Morgan fingerprint density at radius 3 is 2.05 bits per heavy atom. The van der Waals surface area contributed by atoms with Gasteiger partial charge in [0.25, 0.3) is 0 Å². The largest absolute Gasteiger partial charge is 0.381 e. The van der Waals surface area contributed by atoms with E-state index in [1.807, 2.05) is 0 Å². The quantitative estimate of drug-likeness (QED) is 0.556. The van der Waals surface area contributed by atoms with E-state index in [2.05, 4.69) is 19.2 Å². The van der Waals surface area contributed by atoms with E-state index >= 15 is 0 Å². The first-order valence-electron chi connectivity index (χ1n) is 8.68. The second-order valence-electron chi connectivity index (χ2n) is 6.15. The van der Waals surface area contributed by atoms with Crippen LogP contribution in [0, 0.1) is 5.92 Å². The molecule has 0 spiro atoms. The van der Waals surface area contributed by atoms with Gasteiger partial charge in [0.15, 0.2) is 0 Å². The fourth-order valence-corrected chi connectivity index (χ4v) is 2.91. The molecule has 0 bridgehead atoms. The van der Waals surface area contributed by atoms with Crippen LogP contribution < -0.4 is 5.32 Å². The highest BCUT2D eigenvalue weighted by atomic mass is 16.5. The number of hydrogen-bond donors (Lipinski definition) is 1. The van der Waals surface area contributed by atoms with Crippen molar-refractivity contribution in [3.05, 3.63) is 0 Å². The van der Waals surface area contributed by atoms with Gasteiger partial charge in [-0.15, -0.1) is 0 Å². The molecule has 0 radical (unpaired) electrons. The maximum absolute atomic E-state index is 5.44. The van der Waals surface area contributed by atoms with Crippen molar-refractivity contribution in [1.29, 1.82) is 0 Å². The number of nitrogens with one attached hydrogen (secondary N) is 1. The van der Waals surface area contributed by atoms with E-state index in [4.69, 9.17) is 4.74 Å². The molecule has 0 aliphatic carbocycles. The Morgan fingerprint density at radius 1 is 0.947 bits per heavy atom. The van der Waals surface area contributed by atoms with Gasteiger partial charge in [-0.2, -0.15) is 0 Å². The molecule has 114 valence electrons. The molecule has 0 aromatic carbocycles. The van der Waals surface area contributed by atoms with Crippen LogP contribution in [0.15, 0.2) is 0 Å². The highest BCUT2D eigenvalue weighted by Crippen LogP contribution is 2.16. The first-order valence-corrected chi connectivity index (χ1v) is 8.68. The van der Waals surface area contributed by atoms with Gasteiger partial charge in [0.05, 0.1) is 0 Å². The first kappa shape index (κ1) is 17.0. The van der Waals surface area contributed by atoms with Gasteiger partial charge in [-0.25, -0.2) is 0 Å². The first-order chi connectivity index (χ1) is 9.36. The fraction of sp³-hybridized carbons (Fsp3) is 1.00. The van der Waals surface area contributed by atoms with Crippen LogP contribution >= 0.6 is 0 Å². The summed E-state index contributed by atoms with van der Waals surface area (Å²) in [5.41, 5.74) is 0. The van der Waals surface area contributed by atoms with Crippen molar-refractivity contribution in [3.8, 4) is 0 Å². The van der Waals surface area contributed by atoms with Gasteiger partial charge >= 0.3 is 0 Å². The number of rotatable bonds is 11. The molecule has 1 aliphatic heterocycles. The smallest absolute Gasteiger partial charge is 0.0469 e. The SMILES string of the molecule is CCCCCC(CCCCC)NCC1CCOCC1. The number of unbranched alkanes of at least 4 members (excludes halogenated alkanes) is 4. The monoisotopic (exact) mass is 269 g/mol. The molecule has 1 heterocycles. The van der Waals surface area contributed by atoms with Crippen LogP contribution in [0.4, 0.5) is 0 Å². The van der Waals surface area contributed by atoms with Crippen LogP contribution in [0.3, 0.4) is 0 Å². The number of hydrogen-bond acceptors (Lipinski definition) is 2. The third kappa shape index (κ3) is 8.65. The molecule has 1 aliphatic rings. The lowest BCUT2D eigenvalue weighted by Crippen LogP contribution is -2.35. The highest BCUT2D eigenvalue weighted by molar-refractivity contribution is 4.72. The third-order valence-corrected chi connectivity index (χ3v) is 4.35. The van der Waals surface area contributed by atoms with E-state index < -0.39 is 0 Å². The Balaban J connectivity index is 2.17. The minimum Gasteiger partial charge on any atom is -0.381 e.